The standard InChI is InChI=1S/C12H5N5/c13-4-8-6-15-12-16-7-9(5-14)11-3-1-2-10(8)17(11)12/h1-3,6-7H. The summed E-state index contributed by atoms with van der Waals surface area (Å²) in [6.45, 7) is 0. The summed E-state index contributed by atoms with van der Waals surface area (Å²) in [6, 6.07) is 4.16. The van der Waals surface area contributed by atoms with E-state index in [0.29, 0.717) is 28.5 Å². The number of allylic oxidation sites excluding steroid dienone is 5. The van der Waals surface area contributed by atoms with Crippen LogP contribution in [-0.2, 0) is 0 Å². The minimum Gasteiger partial charge on any atom is -0.276 e. The molecule has 0 aromatic carbocycles. The molecule has 0 saturated heterocycles. The van der Waals surface area contributed by atoms with E-state index in [-0.39, 0.29) is 0 Å². The fraction of sp³-hybridized carbons (Fsp3) is 0. The molecule has 0 atom stereocenters. The van der Waals surface area contributed by atoms with Crippen molar-refractivity contribution in [3.8, 4) is 12.1 Å². The average molecular weight is 219 g/mol. The number of nitriles is 2. The van der Waals surface area contributed by atoms with Crippen molar-refractivity contribution in [3.63, 3.8) is 0 Å². The van der Waals surface area contributed by atoms with Gasteiger partial charge in [-0.15, -0.1) is 0 Å². The Hall–Kier alpha value is -2.92. The summed E-state index contributed by atoms with van der Waals surface area (Å²) in [5.41, 5.74) is 2.34. The Labute approximate surface area is 97.3 Å². The highest BCUT2D eigenvalue weighted by Crippen LogP contribution is 2.32. The summed E-state index contributed by atoms with van der Waals surface area (Å²) in [7, 11) is 0. The lowest BCUT2D eigenvalue weighted by molar-refractivity contribution is 0.635. The van der Waals surface area contributed by atoms with Crippen molar-refractivity contribution >= 4 is 12.2 Å². The van der Waals surface area contributed by atoms with Gasteiger partial charge in [-0.05, 0) is 12.2 Å². The third kappa shape index (κ3) is 1.17. The molecule has 3 aliphatic rings. The number of hydrogen-bond donors (Lipinski definition) is 0. The predicted molar refractivity (Wildman–Crippen MR) is 61.3 cm³/mol. The van der Waals surface area contributed by atoms with Gasteiger partial charge in [-0.25, -0.2) is 9.98 Å². The van der Waals surface area contributed by atoms with Crippen LogP contribution in [0.3, 0.4) is 0 Å². The predicted octanol–water partition coefficient (Wildman–Crippen LogP) is 1.38. The van der Waals surface area contributed by atoms with Gasteiger partial charge in [0.05, 0.1) is 35.0 Å². The first kappa shape index (κ1) is 9.32. The lowest BCUT2D eigenvalue weighted by Gasteiger charge is -2.32. The van der Waals surface area contributed by atoms with Crippen LogP contribution in [0.5, 0.6) is 0 Å². The molecule has 3 heterocycles. The summed E-state index contributed by atoms with van der Waals surface area (Å²) in [4.78, 5) is 9.91. The first-order chi connectivity index (χ1) is 8.35. The Morgan fingerprint density at radius 2 is 2.12 bits per heavy atom. The van der Waals surface area contributed by atoms with Gasteiger partial charge in [0.15, 0.2) is 0 Å². The summed E-state index contributed by atoms with van der Waals surface area (Å²) in [6.07, 6.45) is 8.41. The van der Waals surface area contributed by atoms with Gasteiger partial charge in [-0.2, -0.15) is 10.5 Å². The third-order valence-corrected chi connectivity index (χ3v) is 2.60. The smallest absolute Gasteiger partial charge is 0.234 e. The number of hydrogen-bond acceptors (Lipinski definition) is 5. The molecular formula is C12H5N5. The van der Waals surface area contributed by atoms with Crippen molar-refractivity contribution in [2.45, 2.75) is 0 Å². The molecule has 0 unspecified atom stereocenters. The van der Waals surface area contributed by atoms with Crippen LogP contribution in [0.4, 0.5) is 0 Å². The third-order valence-electron chi connectivity index (χ3n) is 2.60. The van der Waals surface area contributed by atoms with Crippen LogP contribution < -0.4 is 0 Å². The molecular weight excluding hydrogens is 214 g/mol. The maximum atomic E-state index is 9.02. The zero-order chi connectivity index (χ0) is 11.8. The van der Waals surface area contributed by atoms with Gasteiger partial charge in [-0.3, -0.25) is 4.90 Å². The lowest BCUT2D eigenvalue weighted by atomic mass is 10.0. The Bertz CT molecular complexity index is 671. The molecule has 0 radical (unpaired) electrons. The Morgan fingerprint density at radius 1 is 1.24 bits per heavy atom. The highest BCUT2D eigenvalue weighted by atomic mass is 15.3. The van der Waals surface area contributed by atoms with Crippen LogP contribution in [0.2, 0.25) is 0 Å². The zero-order valence-corrected chi connectivity index (χ0v) is 8.62. The van der Waals surface area contributed by atoms with E-state index in [4.69, 9.17) is 10.5 Å². The lowest BCUT2D eigenvalue weighted by Crippen LogP contribution is -2.35. The first-order valence-corrected chi connectivity index (χ1v) is 4.90. The molecule has 5 nitrogen and oxygen atoms in total. The molecule has 0 aliphatic carbocycles. The van der Waals surface area contributed by atoms with E-state index in [1.165, 1.54) is 12.4 Å². The van der Waals surface area contributed by atoms with E-state index in [2.05, 4.69) is 22.1 Å². The van der Waals surface area contributed by atoms with E-state index in [1.54, 1.807) is 4.90 Å². The number of aliphatic imine (C=N–C) groups is 2. The van der Waals surface area contributed by atoms with Crippen molar-refractivity contribution in [3.05, 3.63) is 47.0 Å². The number of rotatable bonds is 0. The molecule has 5 heteroatoms. The molecule has 0 spiro atoms. The largest absolute Gasteiger partial charge is 0.276 e. The van der Waals surface area contributed by atoms with E-state index in [9.17, 15) is 0 Å². The Morgan fingerprint density at radius 3 is 2.88 bits per heavy atom. The Balaban J connectivity index is 2.27. The van der Waals surface area contributed by atoms with Gasteiger partial charge >= 0.3 is 0 Å². The summed E-state index contributed by atoms with van der Waals surface area (Å²) in [5, 5.41) is 18.0. The van der Waals surface area contributed by atoms with Crippen LogP contribution in [-0.4, -0.2) is 17.1 Å². The maximum Gasteiger partial charge on any atom is 0.234 e. The summed E-state index contributed by atoms with van der Waals surface area (Å²) in [5.74, 6) is 0.480. The normalized spacial score (nSPS) is 19.9. The fourth-order valence-electron chi connectivity index (χ4n) is 1.84. The molecule has 78 valence electrons. The average Bonchev–Trinajstić information content (AvgIpc) is 2.40. The SMILES string of the molecule is N#CC1=CN=C2N=CC(C#N)=C3C=CC=C1N23. The van der Waals surface area contributed by atoms with Crippen LogP contribution >= 0.6 is 0 Å². The molecule has 0 amide bonds. The van der Waals surface area contributed by atoms with Crippen LogP contribution in [0.15, 0.2) is 57.0 Å². The number of nitrogens with zero attached hydrogens (tertiary/aromatic N) is 5. The van der Waals surface area contributed by atoms with E-state index >= 15 is 0 Å². The molecule has 0 aromatic heterocycles. The van der Waals surface area contributed by atoms with Crippen molar-refractivity contribution in [1.29, 1.82) is 10.5 Å². The molecule has 0 saturated carbocycles. The molecule has 0 N–H and O–H groups in total. The van der Waals surface area contributed by atoms with Crippen molar-refractivity contribution < 1.29 is 0 Å². The fourth-order valence-corrected chi connectivity index (χ4v) is 1.84. The number of guanidine groups is 1. The topological polar surface area (TPSA) is 75.5 Å². The van der Waals surface area contributed by atoms with E-state index in [0.717, 1.165) is 0 Å². The van der Waals surface area contributed by atoms with Crippen molar-refractivity contribution in [1.82, 2.24) is 4.90 Å². The molecule has 3 rings (SSSR count). The minimum absolute atomic E-state index is 0.463. The van der Waals surface area contributed by atoms with Gasteiger partial charge in [-0.1, -0.05) is 6.08 Å². The summed E-state index contributed by atoms with van der Waals surface area (Å²) >= 11 is 0. The highest BCUT2D eigenvalue weighted by Gasteiger charge is 2.30. The monoisotopic (exact) mass is 219 g/mol. The van der Waals surface area contributed by atoms with Gasteiger partial charge in [0.1, 0.15) is 12.1 Å². The molecule has 0 bridgehead atoms. The second-order valence-corrected chi connectivity index (χ2v) is 3.50. The quantitative estimate of drug-likeness (QED) is 0.617. The van der Waals surface area contributed by atoms with E-state index in [1.807, 2.05) is 18.2 Å². The first-order valence-electron chi connectivity index (χ1n) is 4.90. The van der Waals surface area contributed by atoms with E-state index < -0.39 is 0 Å². The van der Waals surface area contributed by atoms with Gasteiger partial charge in [0.25, 0.3) is 0 Å². The summed E-state index contributed by atoms with van der Waals surface area (Å²) < 4.78 is 0. The second-order valence-electron chi connectivity index (χ2n) is 3.50. The van der Waals surface area contributed by atoms with Crippen LogP contribution in [0.25, 0.3) is 0 Å². The maximum absolute atomic E-state index is 9.02. The second kappa shape index (κ2) is 3.29. The van der Waals surface area contributed by atoms with Crippen molar-refractivity contribution in [2.24, 2.45) is 9.98 Å². The molecule has 0 aromatic rings. The van der Waals surface area contributed by atoms with Crippen LogP contribution in [0, 0.1) is 22.7 Å². The Kier molecular flexibility index (Phi) is 1.80. The van der Waals surface area contributed by atoms with Gasteiger partial charge in [0, 0.05) is 0 Å². The van der Waals surface area contributed by atoms with Crippen LogP contribution in [0.1, 0.15) is 0 Å². The van der Waals surface area contributed by atoms with Gasteiger partial charge < -0.3 is 0 Å². The minimum atomic E-state index is 0.463. The molecule has 17 heavy (non-hydrogen) atoms. The van der Waals surface area contributed by atoms with Gasteiger partial charge in [0.2, 0.25) is 5.96 Å². The highest BCUT2D eigenvalue weighted by molar-refractivity contribution is 6.03. The molecule has 3 aliphatic heterocycles. The molecule has 0 fully saturated rings. The zero-order valence-electron chi connectivity index (χ0n) is 8.62. The van der Waals surface area contributed by atoms with Crippen molar-refractivity contribution in [2.75, 3.05) is 0 Å².